The highest BCUT2D eigenvalue weighted by Crippen LogP contribution is 2.17. The van der Waals surface area contributed by atoms with Crippen molar-refractivity contribution in [3.63, 3.8) is 0 Å². The van der Waals surface area contributed by atoms with Crippen LogP contribution in [0.5, 0.6) is 0 Å². The standard InChI is InChI=1S/C10H18N6O/c11-10-14-8(5-9(15-10)16-12)13-3-1-7-2-4-17-6-7/h5,7H,1-4,6,12H2,(H4,11,13,14,15,16). The Morgan fingerprint density at radius 1 is 1.41 bits per heavy atom. The molecule has 2 heterocycles. The highest BCUT2D eigenvalue weighted by atomic mass is 16.5. The van der Waals surface area contributed by atoms with Crippen LogP contribution < -0.4 is 22.3 Å². The van der Waals surface area contributed by atoms with E-state index in [-0.39, 0.29) is 5.95 Å². The molecular formula is C10H18N6O. The number of aromatic nitrogens is 2. The molecule has 1 saturated heterocycles. The molecule has 0 spiro atoms. The number of hydrazine groups is 1. The van der Waals surface area contributed by atoms with Crippen LogP contribution in [0.25, 0.3) is 0 Å². The summed E-state index contributed by atoms with van der Waals surface area (Å²) in [5.41, 5.74) is 8.00. The number of hydrogen-bond donors (Lipinski definition) is 4. The average Bonchev–Trinajstić information content (AvgIpc) is 2.81. The molecule has 7 nitrogen and oxygen atoms in total. The van der Waals surface area contributed by atoms with Gasteiger partial charge in [-0.1, -0.05) is 0 Å². The van der Waals surface area contributed by atoms with Crippen LogP contribution in [0.15, 0.2) is 6.07 Å². The summed E-state index contributed by atoms with van der Waals surface area (Å²) in [7, 11) is 0. The van der Waals surface area contributed by atoms with Crippen LogP contribution in [0.4, 0.5) is 17.6 Å². The van der Waals surface area contributed by atoms with E-state index in [9.17, 15) is 0 Å². The third kappa shape index (κ3) is 3.43. The van der Waals surface area contributed by atoms with Crippen molar-refractivity contribution in [2.45, 2.75) is 12.8 Å². The zero-order chi connectivity index (χ0) is 12.1. The van der Waals surface area contributed by atoms with Crippen LogP contribution in [-0.2, 0) is 4.74 Å². The molecule has 0 amide bonds. The second-order valence-corrected chi connectivity index (χ2v) is 4.09. The van der Waals surface area contributed by atoms with Gasteiger partial charge in [-0.2, -0.15) is 9.97 Å². The molecule has 1 aliphatic rings. The van der Waals surface area contributed by atoms with Gasteiger partial charge in [0, 0.05) is 25.8 Å². The highest BCUT2D eigenvalue weighted by molar-refractivity contribution is 5.50. The highest BCUT2D eigenvalue weighted by Gasteiger charge is 2.14. The molecule has 6 N–H and O–H groups in total. The Morgan fingerprint density at radius 3 is 2.94 bits per heavy atom. The minimum Gasteiger partial charge on any atom is -0.381 e. The summed E-state index contributed by atoms with van der Waals surface area (Å²) in [6.45, 7) is 2.59. The van der Waals surface area contributed by atoms with Gasteiger partial charge in [0.2, 0.25) is 5.95 Å². The number of nitrogen functional groups attached to an aromatic ring is 2. The maximum atomic E-state index is 5.55. The molecule has 0 aromatic carbocycles. The van der Waals surface area contributed by atoms with E-state index < -0.39 is 0 Å². The maximum Gasteiger partial charge on any atom is 0.223 e. The summed E-state index contributed by atoms with van der Waals surface area (Å²) in [6, 6.07) is 1.72. The maximum absolute atomic E-state index is 5.55. The molecule has 0 radical (unpaired) electrons. The van der Waals surface area contributed by atoms with Crippen molar-refractivity contribution in [3.05, 3.63) is 6.07 Å². The molecule has 94 valence electrons. The van der Waals surface area contributed by atoms with Crippen LogP contribution in [0.3, 0.4) is 0 Å². The van der Waals surface area contributed by atoms with Crippen LogP contribution in [0.2, 0.25) is 0 Å². The molecule has 1 aromatic rings. The Kier molecular flexibility index (Phi) is 3.94. The second kappa shape index (κ2) is 5.65. The van der Waals surface area contributed by atoms with E-state index >= 15 is 0 Å². The Bertz CT molecular complexity index is 366. The van der Waals surface area contributed by atoms with Crippen LogP contribution >= 0.6 is 0 Å². The number of rotatable bonds is 5. The van der Waals surface area contributed by atoms with Crippen molar-refractivity contribution < 1.29 is 4.74 Å². The number of hydrogen-bond acceptors (Lipinski definition) is 7. The van der Waals surface area contributed by atoms with Gasteiger partial charge in [0.05, 0.1) is 0 Å². The molecule has 7 heteroatoms. The van der Waals surface area contributed by atoms with E-state index in [1.54, 1.807) is 6.07 Å². The number of nitrogens with zero attached hydrogens (tertiary/aromatic N) is 2. The number of nitrogens with one attached hydrogen (secondary N) is 2. The van der Waals surface area contributed by atoms with Gasteiger partial charge in [0.1, 0.15) is 11.6 Å². The molecule has 1 unspecified atom stereocenters. The lowest BCUT2D eigenvalue weighted by Crippen LogP contribution is -2.13. The smallest absolute Gasteiger partial charge is 0.223 e. The Labute approximate surface area is 99.9 Å². The topological polar surface area (TPSA) is 111 Å². The molecule has 1 aromatic heterocycles. The second-order valence-electron chi connectivity index (χ2n) is 4.09. The average molecular weight is 238 g/mol. The quantitative estimate of drug-likeness (QED) is 0.428. The molecule has 0 aliphatic carbocycles. The first-order valence-corrected chi connectivity index (χ1v) is 5.70. The van der Waals surface area contributed by atoms with Crippen molar-refractivity contribution in [2.75, 3.05) is 36.2 Å². The number of ether oxygens (including phenoxy) is 1. The van der Waals surface area contributed by atoms with Crippen LogP contribution in [0.1, 0.15) is 12.8 Å². The van der Waals surface area contributed by atoms with E-state index in [1.807, 2.05) is 0 Å². The van der Waals surface area contributed by atoms with Crippen LogP contribution in [0, 0.1) is 5.92 Å². The molecule has 1 atom stereocenters. The summed E-state index contributed by atoms with van der Waals surface area (Å²) in [5, 5.41) is 3.20. The van der Waals surface area contributed by atoms with E-state index in [0.717, 1.165) is 32.6 Å². The van der Waals surface area contributed by atoms with E-state index in [2.05, 4.69) is 20.7 Å². The summed E-state index contributed by atoms with van der Waals surface area (Å²) >= 11 is 0. The van der Waals surface area contributed by atoms with E-state index in [1.165, 1.54) is 0 Å². The largest absolute Gasteiger partial charge is 0.381 e. The molecule has 0 bridgehead atoms. The Balaban J connectivity index is 1.83. The summed E-state index contributed by atoms with van der Waals surface area (Å²) in [5.74, 6) is 7.31. The van der Waals surface area contributed by atoms with E-state index in [0.29, 0.717) is 17.6 Å². The van der Waals surface area contributed by atoms with Gasteiger partial charge in [-0.05, 0) is 18.8 Å². The lowest BCUT2D eigenvalue weighted by atomic mass is 10.1. The summed E-state index contributed by atoms with van der Waals surface area (Å²) in [6.07, 6.45) is 2.21. The minimum atomic E-state index is 0.201. The predicted octanol–water partition coefficient (Wildman–Crippen LogP) is 0.183. The van der Waals surface area contributed by atoms with Gasteiger partial charge >= 0.3 is 0 Å². The third-order valence-corrected chi connectivity index (χ3v) is 2.77. The predicted molar refractivity (Wildman–Crippen MR) is 66.3 cm³/mol. The minimum absolute atomic E-state index is 0.201. The molecule has 2 rings (SSSR count). The summed E-state index contributed by atoms with van der Waals surface area (Å²) in [4.78, 5) is 7.98. The monoisotopic (exact) mass is 238 g/mol. The van der Waals surface area contributed by atoms with Crippen molar-refractivity contribution in [1.82, 2.24) is 9.97 Å². The number of nitrogens with two attached hydrogens (primary N) is 2. The Hall–Kier alpha value is -1.60. The third-order valence-electron chi connectivity index (χ3n) is 2.77. The zero-order valence-corrected chi connectivity index (χ0v) is 9.65. The van der Waals surface area contributed by atoms with Gasteiger partial charge in [-0.15, -0.1) is 0 Å². The first kappa shape index (κ1) is 11.9. The van der Waals surface area contributed by atoms with Gasteiger partial charge in [-0.3, -0.25) is 0 Å². The van der Waals surface area contributed by atoms with Gasteiger partial charge in [0.25, 0.3) is 0 Å². The van der Waals surface area contributed by atoms with E-state index in [4.69, 9.17) is 16.3 Å². The van der Waals surface area contributed by atoms with Crippen molar-refractivity contribution in [3.8, 4) is 0 Å². The first-order chi connectivity index (χ1) is 8.28. The van der Waals surface area contributed by atoms with Gasteiger partial charge in [0.15, 0.2) is 0 Å². The molecule has 17 heavy (non-hydrogen) atoms. The fraction of sp³-hybridized carbons (Fsp3) is 0.600. The fourth-order valence-electron chi connectivity index (χ4n) is 1.85. The first-order valence-electron chi connectivity index (χ1n) is 5.70. The number of anilines is 3. The molecule has 1 fully saturated rings. The van der Waals surface area contributed by atoms with Crippen molar-refractivity contribution in [1.29, 1.82) is 0 Å². The SMILES string of the molecule is NNc1cc(NCCC2CCOC2)nc(N)n1. The fourth-order valence-corrected chi connectivity index (χ4v) is 1.85. The molecule has 0 saturated carbocycles. The molecule has 1 aliphatic heterocycles. The van der Waals surface area contributed by atoms with Gasteiger partial charge in [-0.25, -0.2) is 5.84 Å². The van der Waals surface area contributed by atoms with Crippen LogP contribution in [-0.4, -0.2) is 29.7 Å². The van der Waals surface area contributed by atoms with Gasteiger partial charge < -0.3 is 21.2 Å². The normalized spacial score (nSPS) is 19.2. The summed E-state index contributed by atoms with van der Waals surface area (Å²) < 4.78 is 5.32. The lowest BCUT2D eigenvalue weighted by Gasteiger charge is -2.10. The Morgan fingerprint density at radius 2 is 2.24 bits per heavy atom. The molecular weight excluding hydrogens is 220 g/mol. The van der Waals surface area contributed by atoms with Crippen molar-refractivity contribution in [2.24, 2.45) is 11.8 Å². The van der Waals surface area contributed by atoms with Crippen molar-refractivity contribution >= 4 is 17.6 Å². The lowest BCUT2D eigenvalue weighted by molar-refractivity contribution is 0.185. The zero-order valence-electron chi connectivity index (χ0n) is 9.65.